The van der Waals surface area contributed by atoms with E-state index in [2.05, 4.69) is 5.32 Å². The number of esters is 2. The van der Waals surface area contributed by atoms with Crippen LogP contribution in [0.1, 0.15) is 58.8 Å². The molecule has 0 amide bonds. The van der Waals surface area contributed by atoms with Crippen molar-refractivity contribution in [3.05, 3.63) is 0 Å². The lowest BCUT2D eigenvalue weighted by atomic mass is 10.1. The van der Waals surface area contributed by atoms with Gasteiger partial charge in [-0.25, -0.2) is 0 Å². The van der Waals surface area contributed by atoms with E-state index < -0.39 is 0 Å². The van der Waals surface area contributed by atoms with E-state index in [0.717, 1.165) is 32.0 Å². The van der Waals surface area contributed by atoms with E-state index in [1.807, 2.05) is 0 Å². The summed E-state index contributed by atoms with van der Waals surface area (Å²) in [6, 6.07) is -0.357. The van der Waals surface area contributed by atoms with Crippen molar-refractivity contribution in [3.8, 4) is 0 Å². The fourth-order valence-electron chi connectivity index (χ4n) is 2.07. The van der Waals surface area contributed by atoms with E-state index in [1.54, 1.807) is 13.8 Å². The van der Waals surface area contributed by atoms with Gasteiger partial charge in [-0.3, -0.25) is 9.59 Å². The summed E-state index contributed by atoms with van der Waals surface area (Å²) in [6.45, 7) is 4.83. The first kappa shape index (κ1) is 20.6. The average molecular weight is 315 g/mol. The number of nitrogens with one attached hydrogen (secondary N) is 1. The first-order valence-electron chi connectivity index (χ1n) is 8.14. The third-order valence-electron chi connectivity index (χ3n) is 3.15. The minimum Gasteiger partial charge on any atom is -0.466 e. The zero-order valence-electron chi connectivity index (χ0n) is 13.8. The van der Waals surface area contributed by atoms with Crippen molar-refractivity contribution in [1.82, 2.24) is 5.32 Å². The van der Waals surface area contributed by atoms with Gasteiger partial charge in [0.1, 0.15) is 12.3 Å². The van der Waals surface area contributed by atoms with Gasteiger partial charge in [0.25, 0.3) is 0 Å². The molecule has 0 fully saturated rings. The van der Waals surface area contributed by atoms with Crippen LogP contribution in [0.25, 0.3) is 0 Å². The quantitative estimate of drug-likeness (QED) is 0.300. The van der Waals surface area contributed by atoms with E-state index >= 15 is 0 Å². The Morgan fingerprint density at radius 1 is 1.05 bits per heavy atom. The van der Waals surface area contributed by atoms with Gasteiger partial charge in [-0.15, -0.1) is 0 Å². The molecule has 6 nitrogen and oxygen atoms in total. The summed E-state index contributed by atoms with van der Waals surface area (Å²) in [6.07, 6.45) is 5.90. The molecular formula is C16H29NO5. The molecule has 0 spiro atoms. The topological polar surface area (TPSA) is 81.7 Å². The third kappa shape index (κ3) is 11.3. The molecule has 0 saturated carbocycles. The van der Waals surface area contributed by atoms with Gasteiger partial charge in [0, 0.05) is 19.4 Å². The highest BCUT2D eigenvalue weighted by atomic mass is 16.5. The zero-order valence-corrected chi connectivity index (χ0v) is 13.8. The Bertz CT molecular complexity index is 320. The molecule has 0 saturated heterocycles. The third-order valence-corrected chi connectivity index (χ3v) is 3.15. The van der Waals surface area contributed by atoms with Crippen LogP contribution in [0.5, 0.6) is 0 Å². The molecule has 0 heterocycles. The number of ether oxygens (including phenoxy) is 2. The molecule has 6 heteroatoms. The SMILES string of the molecule is CCOC(=O)CCCCCCC(NCCC=O)C(=O)OCC. The maximum Gasteiger partial charge on any atom is 0.323 e. The number of carbonyl (C=O) groups is 3. The maximum atomic E-state index is 11.8. The highest BCUT2D eigenvalue weighted by Gasteiger charge is 2.18. The van der Waals surface area contributed by atoms with Crippen LogP contribution < -0.4 is 5.32 Å². The molecule has 0 aromatic heterocycles. The summed E-state index contributed by atoms with van der Waals surface area (Å²) in [5.41, 5.74) is 0. The van der Waals surface area contributed by atoms with Crippen LogP contribution in [0.2, 0.25) is 0 Å². The molecule has 0 aromatic rings. The molecule has 1 atom stereocenters. The van der Waals surface area contributed by atoms with Gasteiger partial charge in [-0.1, -0.05) is 19.3 Å². The Kier molecular flexibility index (Phi) is 13.6. The molecule has 1 unspecified atom stereocenters. The predicted octanol–water partition coefficient (Wildman–Crippen LogP) is 2.00. The van der Waals surface area contributed by atoms with E-state index in [9.17, 15) is 14.4 Å². The van der Waals surface area contributed by atoms with Crippen LogP contribution in [0.3, 0.4) is 0 Å². The number of unbranched alkanes of at least 4 members (excludes halogenated alkanes) is 3. The first-order valence-corrected chi connectivity index (χ1v) is 8.14. The first-order chi connectivity index (χ1) is 10.7. The Balaban J connectivity index is 3.84. The van der Waals surface area contributed by atoms with Gasteiger partial charge in [0.2, 0.25) is 0 Å². The van der Waals surface area contributed by atoms with Crippen molar-refractivity contribution in [3.63, 3.8) is 0 Å². The minimum absolute atomic E-state index is 0.151. The highest BCUT2D eigenvalue weighted by Crippen LogP contribution is 2.09. The van der Waals surface area contributed by atoms with Crippen LogP contribution in [0, 0.1) is 0 Å². The van der Waals surface area contributed by atoms with Crippen LogP contribution in [-0.4, -0.2) is 44.0 Å². The molecule has 22 heavy (non-hydrogen) atoms. The molecule has 0 aliphatic heterocycles. The monoisotopic (exact) mass is 315 g/mol. The summed E-state index contributed by atoms with van der Waals surface area (Å²) in [4.78, 5) is 33.3. The fourth-order valence-corrected chi connectivity index (χ4v) is 2.07. The normalized spacial score (nSPS) is 11.7. The Morgan fingerprint density at radius 3 is 2.36 bits per heavy atom. The number of hydrogen-bond donors (Lipinski definition) is 1. The molecular weight excluding hydrogens is 286 g/mol. The number of aldehydes is 1. The van der Waals surface area contributed by atoms with E-state index in [1.165, 1.54) is 0 Å². The van der Waals surface area contributed by atoms with Crippen molar-refractivity contribution < 1.29 is 23.9 Å². The lowest BCUT2D eigenvalue weighted by Crippen LogP contribution is -2.38. The van der Waals surface area contributed by atoms with Gasteiger partial charge in [-0.05, 0) is 26.7 Å². The van der Waals surface area contributed by atoms with E-state index in [4.69, 9.17) is 9.47 Å². The van der Waals surface area contributed by atoms with Crippen LogP contribution in [0.4, 0.5) is 0 Å². The molecule has 0 bridgehead atoms. The second-order valence-corrected chi connectivity index (χ2v) is 4.97. The van der Waals surface area contributed by atoms with Gasteiger partial charge in [0.15, 0.2) is 0 Å². The number of carbonyl (C=O) groups excluding carboxylic acids is 3. The Labute approximate surface area is 132 Å². The molecule has 0 rings (SSSR count). The van der Waals surface area contributed by atoms with Gasteiger partial charge >= 0.3 is 11.9 Å². The summed E-state index contributed by atoms with van der Waals surface area (Å²) in [5.74, 6) is -0.414. The molecule has 0 aliphatic carbocycles. The van der Waals surface area contributed by atoms with Gasteiger partial charge in [-0.2, -0.15) is 0 Å². The largest absolute Gasteiger partial charge is 0.466 e. The fraction of sp³-hybridized carbons (Fsp3) is 0.812. The van der Waals surface area contributed by atoms with Crippen molar-refractivity contribution in [1.29, 1.82) is 0 Å². The van der Waals surface area contributed by atoms with E-state index in [0.29, 0.717) is 39.0 Å². The van der Waals surface area contributed by atoms with Crippen molar-refractivity contribution in [2.24, 2.45) is 0 Å². The second kappa shape index (κ2) is 14.5. The molecule has 0 aromatic carbocycles. The lowest BCUT2D eigenvalue weighted by Gasteiger charge is -2.16. The lowest BCUT2D eigenvalue weighted by molar-refractivity contribution is -0.146. The zero-order chi connectivity index (χ0) is 16.6. The summed E-state index contributed by atoms with van der Waals surface area (Å²) < 4.78 is 9.88. The van der Waals surface area contributed by atoms with Gasteiger partial charge < -0.3 is 19.6 Å². The number of rotatable bonds is 14. The number of hydrogen-bond acceptors (Lipinski definition) is 6. The van der Waals surface area contributed by atoms with Gasteiger partial charge in [0.05, 0.1) is 13.2 Å². The van der Waals surface area contributed by atoms with Crippen LogP contribution >= 0.6 is 0 Å². The average Bonchev–Trinajstić information content (AvgIpc) is 2.49. The molecule has 0 radical (unpaired) electrons. The highest BCUT2D eigenvalue weighted by molar-refractivity contribution is 5.75. The smallest absolute Gasteiger partial charge is 0.323 e. The molecule has 0 aliphatic rings. The summed E-state index contributed by atoms with van der Waals surface area (Å²) in [7, 11) is 0. The van der Waals surface area contributed by atoms with E-state index in [-0.39, 0.29) is 18.0 Å². The summed E-state index contributed by atoms with van der Waals surface area (Å²) in [5, 5.41) is 3.05. The minimum atomic E-state index is -0.357. The van der Waals surface area contributed by atoms with Crippen LogP contribution in [0.15, 0.2) is 0 Å². The Morgan fingerprint density at radius 2 is 1.73 bits per heavy atom. The second-order valence-electron chi connectivity index (χ2n) is 4.97. The van der Waals surface area contributed by atoms with Crippen molar-refractivity contribution in [2.75, 3.05) is 19.8 Å². The summed E-state index contributed by atoms with van der Waals surface area (Å²) >= 11 is 0. The maximum absolute atomic E-state index is 11.8. The van der Waals surface area contributed by atoms with Crippen molar-refractivity contribution >= 4 is 18.2 Å². The van der Waals surface area contributed by atoms with Crippen molar-refractivity contribution in [2.45, 2.75) is 64.8 Å². The van der Waals surface area contributed by atoms with Crippen LogP contribution in [-0.2, 0) is 23.9 Å². The molecule has 1 N–H and O–H groups in total. The Hall–Kier alpha value is -1.43. The molecule has 128 valence electrons. The predicted molar refractivity (Wildman–Crippen MR) is 83.4 cm³/mol. The standard InChI is InChI=1S/C16H29NO5/c1-3-21-15(19)11-8-6-5-7-10-14(16(20)22-4-2)17-12-9-13-18/h13-14,17H,3-12H2,1-2H3.